The van der Waals surface area contributed by atoms with Gasteiger partial charge in [-0.3, -0.25) is 4.79 Å². The van der Waals surface area contributed by atoms with Crippen LogP contribution >= 0.6 is 0 Å². The van der Waals surface area contributed by atoms with E-state index in [-0.39, 0.29) is 12.4 Å². The number of esters is 1. The molecule has 0 saturated heterocycles. The van der Waals surface area contributed by atoms with Crippen LogP contribution in [0, 0.1) is 0 Å². The van der Waals surface area contributed by atoms with Crippen LogP contribution in [0.15, 0.2) is 83.7 Å². The Balaban J connectivity index is 1.72. The van der Waals surface area contributed by atoms with Gasteiger partial charge in [-0.05, 0) is 43.0 Å². The van der Waals surface area contributed by atoms with Crippen molar-refractivity contribution in [2.24, 2.45) is 0 Å². The Morgan fingerprint density at radius 1 is 1.15 bits per heavy atom. The van der Waals surface area contributed by atoms with E-state index in [1.54, 1.807) is 7.11 Å². The fourth-order valence-electron chi connectivity index (χ4n) is 4.52. The Morgan fingerprint density at radius 2 is 1.94 bits per heavy atom. The molecule has 176 valence electrons. The number of carbonyl (C=O) groups excluding carboxylic acids is 2. The first-order valence-corrected chi connectivity index (χ1v) is 11.4. The molecular weight excluding hydrogens is 430 g/mol. The largest absolute Gasteiger partial charge is 0.493 e. The van der Waals surface area contributed by atoms with E-state index >= 15 is 0 Å². The van der Waals surface area contributed by atoms with Crippen molar-refractivity contribution in [3.63, 3.8) is 0 Å². The van der Waals surface area contributed by atoms with Crippen molar-refractivity contribution in [1.82, 2.24) is 5.32 Å². The minimum atomic E-state index is -0.543. The number of ether oxygens (including phenoxy) is 3. The lowest BCUT2D eigenvalue weighted by Gasteiger charge is -2.34. The summed E-state index contributed by atoms with van der Waals surface area (Å²) >= 11 is 0. The van der Waals surface area contributed by atoms with Gasteiger partial charge >= 0.3 is 5.97 Å². The molecule has 2 aromatic rings. The second-order valence-electron chi connectivity index (χ2n) is 8.34. The number of Topliss-reactive ketones (excluding diaryl/α,β-unsaturated/α-hetero) is 1. The molecule has 1 unspecified atom stereocenters. The number of dihydropyridines is 1. The van der Waals surface area contributed by atoms with E-state index in [1.165, 1.54) is 6.08 Å². The molecule has 1 heterocycles. The van der Waals surface area contributed by atoms with Crippen LogP contribution < -0.4 is 14.8 Å². The SMILES string of the molecule is C=CCOC(=O)C1=C(C)NC2=C(C(=O)CCC2)C1c1ccc(OCc2ccccc2)c(OC)c1. The molecule has 6 heteroatoms. The van der Waals surface area contributed by atoms with Gasteiger partial charge in [0.15, 0.2) is 17.3 Å². The van der Waals surface area contributed by atoms with Crippen molar-refractivity contribution < 1.29 is 23.8 Å². The molecule has 0 amide bonds. The Morgan fingerprint density at radius 3 is 2.68 bits per heavy atom. The summed E-state index contributed by atoms with van der Waals surface area (Å²) in [5, 5.41) is 3.29. The summed E-state index contributed by atoms with van der Waals surface area (Å²) in [4.78, 5) is 26.1. The second-order valence-corrected chi connectivity index (χ2v) is 8.34. The third kappa shape index (κ3) is 4.76. The first-order chi connectivity index (χ1) is 16.5. The first kappa shape index (κ1) is 23.4. The molecule has 0 fully saturated rings. The van der Waals surface area contributed by atoms with Gasteiger partial charge in [0.2, 0.25) is 0 Å². The quantitative estimate of drug-likeness (QED) is 0.444. The monoisotopic (exact) mass is 459 g/mol. The van der Waals surface area contributed by atoms with Crippen molar-refractivity contribution in [2.45, 2.75) is 38.7 Å². The molecule has 2 aliphatic rings. The molecule has 34 heavy (non-hydrogen) atoms. The summed E-state index contributed by atoms with van der Waals surface area (Å²) in [6.07, 6.45) is 3.54. The van der Waals surface area contributed by atoms with Gasteiger partial charge in [0.1, 0.15) is 13.2 Å². The van der Waals surface area contributed by atoms with E-state index in [9.17, 15) is 9.59 Å². The maximum absolute atomic E-state index is 13.1. The topological polar surface area (TPSA) is 73.9 Å². The zero-order valence-electron chi connectivity index (χ0n) is 19.6. The lowest BCUT2D eigenvalue weighted by atomic mass is 9.75. The lowest BCUT2D eigenvalue weighted by molar-refractivity contribution is -0.138. The van der Waals surface area contributed by atoms with Crippen molar-refractivity contribution in [3.8, 4) is 11.5 Å². The Bertz CT molecular complexity index is 1160. The summed E-state index contributed by atoms with van der Waals surface area (Å²) < 4.78 is 17.0. The van der Waals surface area contributed by atoms with Gasteiger partial charge in [0, 0.05) is 29.3 Å². The van der Waals surface area contributed by atoms with Crippen molar-refractivity contribution in [1.29, 1.82) is 0 Å². The molecule has 1 N–H and O–H groups in total. The summed E-state index contributed by atoms with van der Waals surface area (Å²) in [5.74, 6) is 0.156. The number of benzene rings is 2. The highest BCUT2D eigenvalue weighted by Crippen LogP contribution is 2.44. The molecule has 4 rings (SSSR count). The number of methoxy groups -OCH3 is 1. The fourth-order valence-corrected chi connectivity index (χ4v) is 4.52. The van der Waals surface area contributed by atoms with Gasteiger partial charge in [0.05, 0.1) is 12.7 Å². The predicted octanol–water partition coefficient (Wildman–Crippen LogP) is 4.97. The lowest BCUT2D eigenvalue weighted by Crippen LogP contribution is -2.34. The zero-order valence-corrected chi connectivity index (χ0v) is 19.6. The van der Waals surface area contributed by atoms with E-state index in [2.05, 4.69) is 11.9 Å². The van der Waals surface area contributed by atoms with E-state index in [0.29, 0.717) is 41.4 Å². The third-order valence-electron chi connectivity index (χ3n) is 6.09. The molecule has 2 aromatic carbocycles. The highest BCUT2D eigenvalue weighted by Gasteiger charge is 2.39. The van der Waals surface area contributed by atoms with Crippen LogP contribution in [-0.4, -0.2) is 25.5 Å². The van der Waals surface area contributed by atoms with Crippen LogP contribution in [0.1, 0.15) is 43.2 Å². The van der Waals surface area contributed by atoms with Crippen molar-refractivity contribution in [3.05, 3.63) is 94.9 Å². The molecule has 1 aliphatic carbocycles. The Hall–Kier alpha value is -3.80. The number of nitrogens with one attached hydrogen (secondary N) is 1. The minimum absolute atomic E-state index is 0.0450. The Labute approximate surface area is 199 Å². The van der Waals surface area contributed by atoms with Gasteiger partial charge in [-0.25, -0.2) is 4.79 Å². The van der Waals surface area contributed by atoms with Gasteiger partial charge in [-0.15, -0.1) is 0 Å². The van der Waals surface area contributed by atoms with E-state index < -0.39 is 11.9 Å². The maximum atomic E-state index is 13.1. The Kier molecular flexibility index (Phi) is 7.16. The minimum Gasteiger partial charge on any atom is -0.493 e. The number of hydrogen-bond acceptors (Lipinski definition) is 6. The van der Waals surface area contributed by atoms with Crippen LogP contribution in [0.4, 0.5) is 0 Å². The molecule has 0 bridgehead atoms. The summed E-state index contributed by atoms with van der Waals surface area (Å²) in [6.45, 7) is 5.96. The van der Waals surface area contributed by atoms with Gasteiger partial charge in [-0.2, -0.15) is 0 Å². The van der Waals surface area contributed by atoms with E-state index in [0.717, 1.165) is 29.7 Å². The number of carbonyl (C=O) groups is 2. The van der Waals surface area contributed by atoms with Crippen LogP contribution in [0.5, 0.6) is 11.5 Å². The van der Waals surface area contributed by atoms with Gasteiger partial charge < -0.3 is 19.5 Å². The molecule has 0 radical (unpaired) electrons. The van der Waals surface area contributed by atoms with Gasteiger partial charge in [-0.1, -0.05) is 49.1 Å². The normalized spacial score (nSPS) is 17.6. The van der Waals surface area contributed by atoms with Crippen molar-refractivity contribution >= 4 is 11.8 Å². The average Bonchev–Trinajstić information content (AvgIpc) is 2.86. The maximum Gasteiger partial charge on any atom is 0.337 e. The van der Waals surface area contributed by atoms with Crippen LogP contribution in [-0.2, 0) is 20.9 Å². The van der Waals surface area contributed by atoms with E-state index in [4.69, 9.17) is 14.2 Å². The van der Waals surface area contributed by atoms with Crippen LogP contribution in [0.25, 0.3) is 0 Å². The van der Waals surface area contributed by atoms with Gasteiger partial charge in [0.25, 0.3) is 0 Å². The van der Waals surface area contributed by atoms with Crippen LogP contribution in [0.3, 0.4) is 0 Å². The standard InChI is InChI=1S/C28H29NO5/c1-4-15-33-28(31)25-18(2)29-21-11-8-12-22(30)27(21)26(25)20-13-14-23(24(16-20)32-3)34-17-19-9-6-5-7-10-19/h4-7,9-10,13-14,16,26,29H,1,8,11-12,15,17H2,2-3H3. The molecule has 0 saturated carbocycles. The van der Waals surface area contributed by atoms with E-state index in [1.807, 2.05) is 55.5 Å². The van der Waals surface area contributed by atoms with Crippen molar-refractivity contribution in [2.75, 3.05) is 13.7 Å². The molecular formula is C28H29NO5. The zero-order chi connectivity index (χ0) is 24.1. The predicted molar refractivity (Wildman–Crippen MR) is 129 cm³/mol. The number of rotatable bonds is 8. The third-order valence-corrected chi connectivity index (χ3v) is 6.09. The molecule has 0 aromatic heterocycles. The summed E-state index contributed by atoms with van der Waals surface area (Å²) in [6, 6.07) is 15.4. The number of ketones is 1. The molecule has 1 aliphatic heterocycles. The molecule has 6 nitrogen and oxygen atoms in total. The first-order valence-electron chi connectivity index (χ1n) is 11.4. The smallest absolute Gasteiger partial charge is 0.337 e. The summed E-state index contributed by atoms with van der Waals surface area (Å²) in [7, 11) is 1.58. The second kappa shape index (κ2) is 10.4. The molecule has 0 spiro atoms. The average molecular weight is 460 g/mol. The number of hydrogen-bond donors (Lipinski definition) is 1. The highest BCUT2D eigenvalue weighted by molar-refractivity contribution is 6.03. The van der Waals surface area contributed by atoms with Crippen LogP contribution in [0.2, 0.25) is 0 Å². The fraction of sp³-hybridized carbons (Fsp3) is 0.286. The summed E-state index contributed by atoms with van der Waals surface area (Å²) in [5.41, 5.74) is 4.44. The molecule has 1 atom stereocenters. The highest BCUT2D eigenvalue weighted by atomic mass is 16.5. The number of allylic oxidation sites excluding steroid dienone is 3.